The SMILES string of the molecule is Cc1cc(O)c(C=O)c(C)c1C=O. The Morgan fingerprint density at radius 2 is 1.69 bits per heavy atom. The standard InChI is InChI=1S/C10H10O3/c1-6-3-10(13)9(5-12)7(2)8(6)4-11/h3-5,13H,1-2H3. The zero-order valence-corrected chi connectivity index (χ0v) is 7.50. The van der Waals surface area contributed by atoms with E-state index in [1.165, 1.54) is 6.07 Å². The zero-order valence-electron chi connectivity index (χ0n) is 7.50. The molecule has 0 fully saturated rings. The van der Waals surface area contributed by atoms with Crippen LogP contribution in [0, 0.1) is 13.8 Å². The number of aryl methyl sites for hydroxylation is 1. The highest BCUT2D eigenvalue weighted by Crippen LogP contribution is 2.24. The Balaban J connectivity index is 3.56. The van der Waals surface area contributed by atoms with Crippen LogP contribution < -0.4 is 0 Å². The number of rotatable bonds is 2. The number of carbonyl (C=O) groups is 2. The lowest BCUT2D eigenvalue weighted by atomic mass is 9.98. The van der Waals surface area contributed by atoms with Gasteiger partial charge in [0.1, 0.15) is 5.75 Å². The highest BCUT2D eigenvalue weighted by molar-refractivity contribution is 5.89. The molecule has 1 N–H and O–H groups in total. The van der Waals surface area contributed by atoms with Gasteiger partial charge in [-0.1, -0.05) is 0 Å². The highest BCUT2D eigenvalue weighted by atomic mass is 16.3. The fraction of sp³-hybridized carbons (Fsp3) is 0.200. The first kappa shape index (κ1) is 9.45. The van der Waals surface area contributed by atoms with Crippen LogP contribution in [0.3, 0.4) is 0 Å². The molecule has 1 aromatic carbocycles. The normalized spacial score (nSPS) is 9.69. The number of aromatic hydroxyl groups is 1. The van der Waals surface area contributed by atoms with Crippen molar-refractivity contribution >= 4 is 12.6 Å². The molecule has 68 valence electrons. The molecule has 0 heterocycles. The van der Waals surface area contributed by atoms with Crippen LogP contribution in [0.25, 0.3) is 0 Å². The highest BCUT2D eigenvalue weighted by Gasteiger charge is 2.10. The third-order valence-corrected chi connectivity index (χ3v) is 2.10. The second-order valence-corrected chi connectivity index (χ2v) is 2.90. The van der Waals surface area contributed by atoms with Crippen molar-refractivity contribution in [3.8, 4) is 5.75 Å². The molecule has 3 nitrogen and oxygen atoms in total. The van der Waals surface area contributed by atoms with E-state index >= 15 is 0 Å². The number of aldehydes is 2. The minimum Gasteiger partial charge on any atom is -0.507 e. The molecule has 0 saturated carbocycles. The lowest BCUT2D eigenvalue weighted by Crippen LogP contribution is -1.97. The van der Waals surface area contributed by atoms with Crippen LogP contribution in [0.5, 0.6) is 5.75 Å². The maximum atomic E-state index is 10.6. The molecule has 0 aromatic heterocycles. The van der Waals surface area contributed by atoms with Crippen molar-refractivity contribution in [2.75, 3.05) is 0 Å². The number of phenolic OH excluding ortho intramolecular Hbond substituents is 1. The number of hydrogen-bond acceptors (Lipinski definition) is 3. The van der Waals surface area contributed by atoms with Crippen LogP contribution in [0.1, 0.15) is 31.8 Å². The van der Waals surface area contributed by atoms with E-state index in [2.05, 4.69) is 0 Å². The summed E-state index contributed by atoms with van der Waals surface area (Å²) in [6.07, 6.45) is 1.24. The summed E-state index contributed by atoms with van der Waals surface area (Å²) in [5, 5.41) is 9.34. The second kappa shape index (κ2) is 3.39. The summed E-state index contributed by atoms with van der Waals surface area (Å²) < 4.78 is 0. The van der Waals surface area contributed by atoms with Gasteiger partial charge in [-0.3, -0.25) is 9.59 Å². The molecule has 0 saturated heterocycles. The summed E-state index contributed by atoms with van der Waals surface area (Å²) in [4.78, 5) is 21.2. The van der Waals surface area contributed by atoms with Gasteiger partial charge in [0.15, 0.2) is 12.6 Å². The van der Waals surface area contributed by atoms with Crippen molar-refractivity contribution in [1.82, 2.24) is 0 Å². The lowest BCUT2D eigenvalue weighted by Gasteiger charge is -2.07. The number of phenols is 1. The molecule has 0 radical (unpaired) electrons. The van der Waals surface area contributed by atoms with Gasteiger partial charge in [-0.15, -0.1) is 0 Å². The van der Waals surface area contributed by atoms with Crippen molar-refractivity contribution < 1.29 is 14.7 Å². The summed E-state index contributed by atoms with van der Waals surface area (Å²) in [6.45, 7) is 3.35. The molecule has 0 amide bonds. The fourth-order valence-corrected chi connectivity index (χ4v) is 1.32. The van der Waals surface area contributed by atoms with Crippen LogP contribution in [0.4, 0.5) is 0 Å². The van der Waals surface area contributed by atoms with Crippen molar-refractivity contribution in [2.24, 2.45) is 0 Å². The molecule has 0 bridgehead atoms. The summed E-state index contributed by atoms with van der Waals surface area (Å²) in [6, 6.07) is 1.42. The summed E-state index contributed by atoms with van der Waals surface area (Å²) in [7, 11) is 0. The molecule has 0 spiro atoms. The van der Waals surface area contributed by atoms with Crippen LogP contribution in [-0.2, 0) is 0 Å². The molecule has 0 aliphatic heterocycles. The summed E-state index contributed by atoms with van der Waals surface area (Å²) in [5.41, 5.74) is 1.87. The van der Waals surface area contributed by atoms with E-state index in [9.17, 15) is 14.7 Å². The summed E-state index contributed by atoms with van der Waals surface area (Å²) >= 11 is 0. The molecular formula is C10H10O3. The van der Waals surface area contributed by atoms with Gasteiger partial charge in [-0.05, 0) is 31.0 Å². The third kappa shape index (κ3) is 1.45. The van der Waals surface area contributed by atoms with Gasteiger partial charge < -0.3 is 5.11 Å². The van der Waals surface area contributed by atoms with Crippen LogP contribution in [0.2, 0.25) is 0 Å². The lowest BCUT2D eigenvalue weighted by molar-refractivity contribution is 0.112. The maximum absolute atomic E-state index is 10.6. The first-order valence-electron chi connectivity index (χ1n) is 3.85. The Morgan fingerprint density at radius 3 is 2.15 bits per heavy atom. The molecule has 0 aliphatic rings. The minimum atomic E-state index is -0.0735. The van der Waals surface area contributed by atoms with E-state index in [4.69, 9.17) is 0 Å². The Labute approximate surface area is 76.0 Å². The van der Waals surface area contributed by atoms with E-state index in [0.717, 1.165) is 0 Å². The molecule has 1 aromatic rings. The van der Waals surface area contributed by atoms with Crippen LogP contribution in [-0.4, -0.2) is 17.7 Å². The smallest absolute Gasteiger partial charge is 0.154 e. The van der Waals surface area contributed by atoms with E-state index < -0.39 is 0 Å². The fourth-order valence-electron chi connectivity index (χ4n) is 1.32. The van der Waals surface area contributed by atoms with Crippen molar-refractivity contribution in [3.05, 3.63) is 28.3 Å². The average Bonchev–Trinajstić information content (AvgIpc) is 2.04. The van der Waals surface area contributed by atoms with E-state index in [1.807, 2.05) is 0 Å². The largest absolute Gasteiger partial charge is 0.507 e. The van der Waals surface area contributed by atoms with E-state index in [1.54, 1.807) is 13.8 Å². The maximum Gasteiger partial charge on any atom is 0.154 e. The molecular weight excluding hydrogens is 168 g/mol. The Bertz CT molecular complexity index is 335. The van der Waals surface area contributed by atoms with Gasteiger partial charge >= 0.3 is 0 Å². The van der Waals surface area contributed by atoms with Gasteiger partial charge in [-0.25, -0.2) is 0 Å². The topological polar surface area (TPSA) is 54.4 Å². The average molecular weight is 178 g/mol. The monoisotopic (exact) mass is 178 g/mol. The van der Waals surface area contributed by atoms with Gasteiger partial charge in [-0.2, -0.15) is 0 Å². The molecule has 13 heavy (non-hydrogen) atoms. The van der Waals surface area contributed by atoms with Crippen LogP contribution >= 0.6 is 0 Å². The van der Waals surface area contributed by atoms with Crippen molar-refractivity contribution in [3.63, 3.8) is 0 Å². The van der Waals surface area contributed by atoms with Gasteiger partial charge in [0.05, 0.1) is 5.56 Å². The van der Waals surface area contributed by atoms with Crippen molar-refractivity contribution in [2.45, 2.75) is 13.8 Å². The first-order valence-corrected chi connectivity index (χ1v) is 3.85. The second-order valence-electron chi connectivity index (χ2n) is 2.90. The van der Waals surface area contributed by atoms with E-state index in [0.29, 0.717) is 29.3 Å². The van der Waals surface area contributed by atoms with Gasteiger partial charge in [0.2, 0.25) is 0 Å². The third-order valence-electron chi connectivity index (χ3n) is 2.10. The molecule has 1 rings (SSSR count). The molecule has 0 aliphatic carbocycles. The zero-order chi connectivity index (χ0) is 10.0. The summed E-state index contributed by atoms with van der Waals surface area (Å²) in [5.74, 6) is -0.0735. The quantitative estimate of drug-likeness (QED) is 0.700. The predicted octanol–water partition coefficient (Wildman–Crippen LogP) is 1.63. The molecule has 0 atom stereocenters. The molecule has 0 unspecified atom stereocenters. The number of carbonyl (C=O) groups excluding carboxylic acids is 2. The van der Waals surface area contributed by atoms with Crippen LogP contribution in [0.15, 0.2) is 6.07 Å². The van der Waals surface area contributed by atoms with E-state index in [-0.39, 0.29) is 11.3 Å². The Hall–Kier alpha value is -1.64. The number of benzene rings is 1. The Kier molecular flexibility index (Phi) is 2.46. The minimum absolute atomic E-state index is 0.0735. The first-order chi connectivity index (χ1) is 6.11. The van der Waals surface area contributed by atoms with Gasteiger partial charge in [0.25, 0.3) is 0 Å². The van der Waals surface area contributed by atoms with Crippen molar-refractivity contribution in [1.29, 1.82) is 0 Å². The Morgan fingerprint density at radius 1 is 1.15 bits per heavy atom. The van der Waals surface area contributed by atoms with Gasteiger partial charge in [0, 0.05) is 5.56 Å². The molecule has 3 heteroatoms. The number of hydrogen-bond donors (Lipinski definition) is 1. The predicted molar refractivity (Wildman–Crippen MR) is 48.4 cm³/mol.